The highest BCUT2D eigenvalue weighted by atomic mass is 35.5. The predicted molar refractivity (Wildman–Crippen MR) is 68.9 cm³/mol. The third-order valence-corrected chi connectivity index (χ3v) is 3.55. The van der Waals surface area contributed by atoms with Crippen molar-refractivity contribution in [2.45, 2.75) is 31.8 Å². The lowest BCUT2D eigenvalue weighted by molar-refractivity contribution is 0.490. The predicted octanol–water partition coefficient (Wildman–Crippen LogP) is 2.74. The molecular weight excluding hydrogens is 220 g/mol. The van der Waals surface area contributed by atoms with Crippen molar-refractivity contribution in [1.29, 1.82) is 0 Å². The summed E-state index contributed by atoms with van der Waals surface area (Å²) in [5.74, 6) is 0. The van der Waals surface area contributed by atoms with Gasteiger partial charge in [-0.05, 0) is 37.9 Å². The monoisotopic (exact) mass is 238 g/mol. The van der Waals surface area contributed by atoms with E-state index in [-0.39, 0.29) is 0 Å². The first-order valence-corrected chi connectivity index (χ1v) is 6.36. The van der Waals surface area contributed by atoms with Crippen LogP contribution in [0.15, 0.2) is 24.3 Å². The summed E-state index contributed by atoms with van der Waals surface area (Å²) in [7, 11) is 0. The molecule has 0 saturated carbocycles. The quantitative estimate of drug-likeness (QED) is 0.843. The fraction of sp³-hybridized carbons (Fsp3) is 0.538. The fourth-order valence-electron chi connectivity index (χ4n) is 2.19. The molecule has 1 aromatic rings. The van der Waals surface area contributed by atoms with E-state index in [0.29, 0.717) is 12.1 Å². The Morgan fingerprint density at radius 3 is 3.00 bits per heavy atom. The minimum Gasteiger partial charge on any atom is -0.313 e. The summed E-state index contributed by atoms with van der Waals surface area (Å²) in [5.41, 5.74) is 1.18. The van der Waals surface area contributed by atoms with Crippen molar-refractivity contribution in [2.24, 2.45) is 0 Å². The van der Waals surface area contributed by atoms with Crippen molar-refractivity contribution in [3.63, 3.8) is 0 Å². The minimum atomic E-state index is 0.316. The molecule has 88 valence electrons. The van der Waals surface area contributed by atoms with Gasteiger partial charge in [0.05, 0.1) is 0 Å². The van der Waals surface area contributed by atoms with Gasteiger partial charge in [-0.15, -0.1) is 0 Å². The summed E-state index contributed by atoms with van der Waals surface area (Å²) < 4.78 is 0. The van der Waals surface area contributed by atoms with E-state index < -0.39 is 0 Å². The van der Waals surface area contributed by atoms with E-state index >= 15 is 0 Å². The Labute approximate surface area is 102 Å². The summed E-state index contributed by atoms with van der Waals surface area (Å²) >= 11 is 6.16. The van der Waals surface area contributed by atoms with Gasteiger partial charge in [0, 0.05) is 23.7 Å². The topological polar surface area (TPSA) is 24.1 Å². The molecule has 0 amide bonds. The number of hydrogen-bond donors (Lipinski definition) is 2. The van der Waals surface area contributed by atoms with Crippen molar-refractivity contribution in [2.75, 3.05) is 13.1 Å². The lowest BCUT2D eigenvalue weighted by atomic mass is 10.1. The summed E-state index contributed by atoms with van der Waals surface area (Å²) in [4.78, 5) is 0. The molecule has 2 nitrogen and oxygen atoms in total. The number of rotatable bonds is 4. The van der Waals surface area contributed by atoms with Crippen LogP contribution < -0.4 is 10.6 Å². The lowest BCUT2D eigenvalue weighted by Crippen LogP contribution is -2.35. The van der Waals surface area contributed by atoms with E-state index in [0.717, 1.165) is 18.1 Å². The van der Waals surface area contributed by atoms with Crippen LogP contribution >= 0.6 is 11.6 Å². The summed E-state index contributed by atoms with van der Waals surface area (Å²) in [5, 5.41) is 7.87. The molecule has 2 N–H and O–H groups in total. The Morgan fingerprint density at radius 2 is 2.31 bits per heavy atom. The zero-order valence-electron chi connectivity index (χ0n) is 9.67. The molecule has 0 aromatic heterocycles. The van der Waals surface area contributed by atoms with Crippen molar-refractivity contribution in [3.05, 3.63) is 34.9 Å². The molecule has 1 saturated heterocycles. The van der Waals surface area contributed by atoms with E-state index in [1.165, 1.54) is 18.4 Å². The van der Waals surface area contributed by atoms with E-state index in [4.69, 9.17) is 11.6 Å². The molecule has 1 heterocycles. The first-order chi connectivity index (χ1) is 7.77. The van der Waals surface area contributed by atoms with Crippen LogP contribution in [0.1, 0.15) is 31.4 Å². The molecule has 1 aliphatic rings. The molecule has 2 atom stereocenters. The molecular formula is C13H19ClN2. The van der Waals surface area contributed by atoms with Gasteiger partial charge in [-0.3, -0.25) is 0 Å². The molecule has 0 aliphatic carbocycles. The van der Waals surface area contributed by atoms with Crippen molar-refractivity contribution >= 4 is 11.6 Å². The Bertz CT molecular complexity index is 334. The van der Waals surface area contributed by atoms with E-state index in [2.05, 4.69) is 23.6 Å². The van der Waals surface area contributed by atoms with Gasteiger partial charge in [0.15, 0.2) is 0 Å². The number of nitrogens with one attached hydrogen (secondary N) is 2. The second-order valence-corrected chi connectivity index (χ2v) is 4.85. The third kappa shape index (κ3) is 2.97. The number of hydrogen-bond acceptors (Lipinski definition) is 2. The first-order valence-electron chi connectivity index (χ1n) is 5.98. The maximum Gasteiger partial charge on any atom is 0.0453 e. The lowest BCUT2D eigenvalue weighted by Gasteiger charge is -2.18. The molecule has 1 fully saturated rings. The Hall–Kier alpha value is -0.570. The molecule has 2 rings (SSSR count). The van der Waals surface area contributed by atoms with Gasteiger partial charge >= 0.3 is 0 Å². The maximum absolute atomic E-state index is 6.16. The van der Waals surface area contributed by atoms with Crippen molar-refractivity contribution in [3.8, 4) is 0 Å². The first kappa shape index (κ1) is 11.9. The smallest absolute Gasteiger partial charge is 0.0453 e. The third-order valence-electron chi connectivity index (χ3n) is 3.20. The van der Waals surface area contributed by atoms with Gasteiger partial charge in [0.25, 0.3) is 0 Å². The zero-order valence-corrected chi connectivity index (χ0v) is 10.4. The Morgan fingerprint density at radius 1 is 1.50 bits per heavy atom. The standard InChI is InChI=1S/C13H19ClN2/c1-10(12-6-2-3-7-13(12)14)16-9-11-5-4-8-15-11/h2-3,6-7,10-11,15-16H,4-5,8-9H2,1H3/t10-,11?/m1/s1. The molecule has 16 heavy (non-hydrogen) atoms. The van der Waals surface area contributed by atoms with Gasteiger partial charge in [-0.25, -0.2) is 0 Å². The number of halogens is 1. The van der Waals surface area contributed by atoms with Crippen LogP contribution in [0, 0.1) is 0 Å². The highest BCUT2D eigenvalue weighted by Gasteiger charge is 2.15. The SMILES string of the molecule is C[C@@H](NCC1CCCN1)c1ccccc1Cl. The Kier molecular flexibility index (Phi) is 4.22. The highest BCUT2D eigenvalue weighted by molar-refractivity contribution is 6.31. The largest absolute Gasteiger partial charge is 0.313 e. The van der Waals surface area contributed by atoms with Crippen LogP contribution in [0.25, 0.3) is 0 Å². The van der Waals surface area contributed by atoms with Crippen LogP contribution in [0.4, 0.5) is 0 Å². The average Bonchev–Trinajstić information content (AvgIpc) is 2.79. The molecule has 0 radical (unpaired) electrons. The minimum absolute atomic E-state index is 0.316. The summed E-state index contributed by atoms with van der Waals surface area (Å²) in [6.45, 7) is 4.34. The average molecular weight is 239 g/mol. The fourth-order valence-corrected chi connectivity index (χ4v) is 2.49. The second kappa shape index (κ2) is 5.67. The van der Waals surface area contributed by atoms with Crippen LogP contribution in [0.5, 0.6) is 0 Å². The van der Waals surface area contributed by atoms with E-state index in [1.807, 2.05) is 18.2 Å². The van der Waals surface area contributed by atoms with E-state index in [1.54, 1.807) is 0 Å². The van der Waals surface area contributed by atoms with Crippen LogP contribution in [-0.4, -0.2) is 19.1 Å². The van der Waals surface area contributed by atoms with Gasteiger partial charge in [0.1, 0.15) is 0 Å². The van der Waals surface area contributed by atoms with Gasteiger partial charge in [-0.2, -0.15) is 0 Å². The van der Waals surface area contributed by atoms with Crippen LogP contribution in [0.3, 0.4) is 0 Å². The van der Waals surface area contributed by atoms with E-state index in [9.17, 15) is 0 Å². The molecule has 0 spiro atoms. The Balaban J connectivity index is 1.87. The maximum atomic E-state index is 6.16. The van der Waals surface area contributed by atoms with Crippen LogP contribution in [-0.2, 0) is 0 Å². The highest BCUT2D eigenvalue weighted by Crippen LogP contribution is 2.22. The summed E-state index contributed by atoms with van der Waals surface area (Å²) in [6, 6.07) is 8.98. The molecule has 1 aliphatic heterocycles. The van der Waals surface area contributed by atoms with Gasteiger partial charge in [0.2, 0.25) is 0 Å². The molecule has 3 heteroatoms. The van der Waals surface area contributed by atoms with Crippen molar-refractivity contribution in [1.82, 2.24) is 10.6 Å². The number of benzene rings is 1. The molecule has 1 unspecified atom stereocenters. The van der Waals surface area contributed by atoms with Crippen molar-refractivity contribution < 1.29 is 0 Å². The summed E-state index contributed by atoms with van der Waals surface area (Å²) in [6.07, 6.45) is 2.58. The second-order valence-electron chi connectivity index (χ2n) is 4.44. The van der Waals surface area contributed by atoms with Gasteiger partial charge in [-0.1, -0.05) is 29.8 Å². The molecule has 0 bridgehead atoms. The van der Waals surface area contributed by atoms with Gasteiger partial charge < -0.3 is 10.6 Å². The molecule has 1 aromatic carbocycles. The van der Waals surface area contributed by atoms with Crippen LogP contribution in [0.2, 0.25) is 5.02 Å². The normalized spacial score (nSPS) is 22.2. The zero-order chi connectivity index (χ0) is 11.4.